The predicted molar refractivity (Wildman–Crippen MR) is 116 cm³/mol. The van der Waals surface area contributed by atoms with Crippen molar-refractivity contribution in [3.05, 3.63) is 93.3 Å². The Kier molecular flexibility index (Phi) is 5.11. The zero-order valence-corrected chi connectivity index (χ0v) is 17.7. The van der Waals surface area contributed by atoms with Crippen LogP contribution in [0.2, 0.25) is 0 Å². The van der Waals surface area contributed by atoms with E-state index in [4.69, 9.17) is 0 Å². The third-order valence-electron chi connectivity index (χ3n) is 5.01. The molecule has 0 spiro atoms. The van der Waals surface area contributed by atoms with E-state index in [9.17, 15) is 9.59 Å². The summed E-state index contributed by atoms with van der Waals surface area (Å²) in [6, 6.07) is 19.1. The van der Waals surface area contributed by atoms with Crippen LogP contribution in [0, 0.1) is 13.8 Å². The van der Waals surface area contributed by atoms with E-state index in [2.05, 4.69) is 25.8 Å². The number of carbonyl (C=O) groups is 2. The molecule has 1 saturated heterocycles. The van der Waals surface area contributed by atoms with Crippen molar-refractivity contribution in [2.24, 2.45) is 0 Å². The molecule has 1 fully saturated rings. The van der Waals surface area contributed by atoms with Gasteiger partial charge in [0, 0.05) is 15.9 Å². The first kappa shape index (κ1) is 19.2. The summed E-state index contributed by atoms with van der Waals surface area (Å²) in [5, 5.41) is 2.71. The molecule has 5 nitrogen and oxygen atoms in total. The maximum Gasteiger partial charge on any atom is 0.329 e. The van der Waals surface area contributed by atoms with Gasteiger partial charge in [-0.25, -0.2) is 4.79 Å². The Labute approximate surface area is 177 Å². The fraction of sp³-hybridized carbons (Fsp3) is 0.130. The lowest BCUT2D eigenvalue weighted by Crippen LogP contribution is -2.30. The van der Waals surface area contributed by atoms with Crippen molar-refractivity contribution < 1.29 is 9.59 Å². The maximum absolute atomic E-state index is 12.8. The first-order chi connectivity index (χ1) is 14.0. The van der Waals surface area contributed by atoms with Gasteiger partial charge in [0.15, 0.2) is 0 Å². The minimum absolute atomic E-state index is 0.249. The first-order valence-electron chi connectivity index (χ1n) is 9.28. The molecule has 3 amide bonds. The van der Waals surface area contributed by atoms with Crippen molar-refractivity contribution in [1.82, 2.24) is 14.8 Å². The summed E-state index contributed by atoms with van der Waals surface area (Å²) in [6.07, 6.45) is 1.75. The van der Waals surface area contributed by atoms with Crippen molar-refractivity contribution in [1.29, 1.82) is 0 Å². The van der Waals surface area contributed by atoms with Gasteiger partial charge < -0.3 is 9.88 Å². The summed E-state index contributed by atoms with van der Waals surface area (Å²) in [5.41, 5.74) is 5.15. The number of hydrogen-bond donors (Lipinski definition) is 1. The first-order valence-corrected chi connectivity index (χ1v) is 10.1. The van der Waals surface area contributed by atoms with Crippen LogP contribution in [0.1, 0.15) is 22.5 Å². The number of nitrogens with zero attached hydrogens (tertiary/aromatic N) is 2. The lowest BCUT2D eigenvalue weighted by molar-refractivity contribution is -0.123. The molecule has 0 atom stereocenters. The van der Waals surface area contributed by atoms with Gasteiger partial charge in [0.2, 0.25) is 0 Å². The van der Waals surface area contributed by atoms with Crippen LogP contribution in [-0.4, -0.2) is 21.4 Å². The van der Waals surface area contributed by atoms with Crippen LogP contribution in [0.15, 0.2) is 70.8 Å². The van der Waals surface area contributed by atoms with E-state index in [0.29, 0.717) is 5.70 Å². The van der Waals surface area contributed by atoms with Gasteiger partial charge in [-0.2, -0.15) is 0 Å². The molecule has 29 heavy (non-hydrogen) atoms. The molecule has 0 aliphatic carbocycles. The monoisotopic (exact) mass is 449 g/mol. The van der Waals surface area contributed by atoms with E-state index in [1.807, 2.05) is 74.5 Å². The molecule has 0 radical (unpaired) electrons. The molecule has 6 heteroatoms. The third kappa shape index (κ3) is 3.63. The van der Waals surface area contributed by atoms with Crippen LogP contribution in [0.3, 0.4) is 0 Å². The Hall–Kier alpha value is -3.12. The lowest BCUT2D eigenvalue weighted by atomic mass is 10.2. The molecule has 4 rings (SSSR count). The number of benzene rings is 2. The van der Waals surface area contributed by atoms with Gasteiger partial charge in [-0.3, -0.25) is 9.69 Å². The molecule has 2 aromatic carbocycles. The van der Waals surface area contributed by atoms with E-state index >= 15 is 0 Å². The van der Waals surface area contributed by atoms with Gasteiger partial charge in [0.25, 0.3) is 5.91 Å². The van der Waals surface area contributed by atoms with Crippen molar-refractivity contribution in [2.45, 2.75) is 20.4 Å². The Morgan fingerprint density at radius 1 is 1.00 bits per heavy atom. The molecule has 2 heterocycles. The molecular formula is C23H20BrN3O2. The average Bonchev–Trinajstić information content (AvgIpc) is 3.13. The highest BCUT2D eigenvalue weighted by Crippen LogP contribution is 2.28. The van der Waals surface area contributed by atoms with Crippen LogP contribution in [0.4, 0.5) is 4.79 Å². The number of para-hydroxylation sites is 1. The minimum atomic E-state index is -0.398. The van der Waals surface area contributed by atoms with Gasteiger partial charge in [-0.15, -0.1) is 0 Å². The summed E-state index contributed by atoms with van der Waals surface area (Å²) in [7, 11) is 0. The summed E-state index contributed by atoms with van der Waals surface area (Å²) in [4.78, 5) is 26.4. The Bertz CT molecular complexity index is 1130. The van der Waals surface area contributed by atoms with Crippen LogP contribution < -0.4 is 5.32 Å². The van der Waals surface area contributed by atoms with Crippen LogP contribution >= 0.6 is 15.9 Å². The molecule has 146 valence electrons. The molecule has 3 aromatic rings. The Morgan fingerprint density at radius 2 is 1.69 bits per heavy atom. The zero-order valence-electron chi connectivity index (χ0n) is 16.1. The average molecular weight is 450 g/mol. The number of urea groups is 1. The normalized spacial score (nSPS) is 15.3. The number of carbonyl (C=O) groups excluding carboxylic acids is 2. The topological polar surface area (TPSA) is 54.3 Å². The second kappa shape index (κ2) is 7.72. The zero-order chi connectivity index (χ0) is 20.5. The number of imide groups is 1. The van der Waals surface area contributed by atoms with Gasteiger partial charge in [-0.05, 0) is 65.2 Å². The highest BCUT2D eigenvalue weighted by atomic mass is 79.9. The highest BCUT2D eigenvalue weighted by molar-refractivity contribution is 9.10. The molecule has 1 aromatic heterocycles. The minimum Gasteiger partial charge on any atom is -0.317 e. The van der Waals surface area contributed by atoms with E-state index < -0.39 is 6.03 Å². The smallest absolute Gasteiger partial charge is 0.317 e. The number of hydrogen-bond acceptors (Lipinski definition) is 2. The van der Waals surface area contributed by atoms with Gasteiger partial charge in [0.05, 0.1) is 12.2 Å². The van der Waals surface area contributed by atoms with Crippen molar-refractivity contribution in [2.75, 3.05) is 0 Å². The van der Waals surface area contributed by atoms with Crippen LogP contribution in [0.25, 0.3) is 11.8 Å². The molecule has 0 saturated carbocycles. The van der Waals surface area contributed by atoms with E-state index in [1.54, 1.807) is 6.08 Å². The van der Waals surface area contributed by atoms with Gasteiger partial charge in [-0.1, -0.05) is 42.5 Å². The van der Waals surface area contributed by atoms with Gasteiger partial charge >= 0.3 is 6.03 Å². The van der Waals surface area contributed by atoms with Crippen molar-refractivity contribution >= 4 is 33.9 Å². The molecule has 0 bridgehead atoms. The molecule has 1 aliphatic heterocycles. The van der Waals surface area contributed by atoms with Crippen LogP contribution in [0.5, 0.6) is 0 Å². The third-order valence-corrected chi connectivity index (χ3v) is 5.68. The molecule has 0 unspecified atom stereocenters. The number of rotatable bonds is 4. The standard InChI is InChI=1S/C23H20BrN3O2/c1-15-12-18(16(2)27(15)21-11-7-6-10-19(21)24)13-20-22(28)26(23(29)25-20)14-17-8-4-3-5-9-17/h3-13H,14H2,1-2H3,(H,25,29)/b20-13+. The van der Waals surface area contributed by atoms with E-state index in [0.717, 1.165) is 32.7 Å². The summed E-state index contributed by atoms with van der Waals surface area (Å²) < 4.78 is 3.11. The number of aryl methyl sites for hydroxylation is 1. The summed E-state index contributed by atoms with van der Waals surface area (Å²) in [6.45, 7) is 4.27. The van der Waals surface area contributed by atoms with Crippen molar-refractivity contribution in [3.8, 4) is 5.69 Å². The largest absolute Gasteiger partial charge is 0.329 e. The fourth-order valence-electron chi connectivity index (χ4n) is 3.57. The number of halogens is 1. The number of aromatic nitrogens is 1. The maximum atomic E-state index is 12.8. The SMILES string of the molecule is Cc1cc(/C=C2/NC(=O)N(Cc3ccccc3)C2=O)c(C)n1-c1ccccc1Br. The molecule has 1 aliphatic rings. The molecular weight excluding hydrogens is 430 g/mol. The summed E-state index contributed by atoms with van der Waals surface area (Å²) in [5.74, 6) is -0.315. The fourth-order valence-corrected chi connectivity index (χ4v) is 4.04. The lowest BCUT2D eigenvalue weighted by Gasteiger charge is -2.12. The second-order valence-electron chi connectivity index (χ2n) is 6.98. The highest BCUT2D eigenvalue weighted by Gasteiger charge is 2.33. The number of nitrogens with one attached hydrogen (secondary N) is 1. The van der Waals surface area contributed by atoms with Crippen LogP contribution in [-0.2, 0) is 11.3 Å². The van der Waals surface area contributed by atoms with Gasteiger partial charge in [0.1, 0.15) is 5.70 Å². The second-order valence-corrected chi connectivity index (χ2v) is 7.83. The summed E-state index contributed by atoms with van der Waals surface area (Å²) >= 11 is 3.60. The van der Waals surface area contributed by atoms with E-state index in [-0.39, 0.29) is 12.5 Å². The predicted octanol–water partition coefficient (Wildman–Crippen LogP) is 4.95. The van der Waals surface area contributed by atoms with E-state index in [1.165, 1.54) is 4.90 Å². The quantitative estimate of drug-likeness (QED) is 0.452. The molecule has 1 N–H and O–H groups in total. The Balaban J connectivity index is 1.65. The van der Waals surface area contributed by atoms with Crippen molar-refractivity contribution in [3.63, 3.8) is 0 Å². The Morgan fingerprint density at radius 3 is 2.41 bits per heavy atom. The number of amides is 3.